The first-order valence-corrected chi connectivity index (χ1v) is 11.6. The molecule has 0 saturated carbocycles. The number of piperazine rings is 1. The second-order valence-electron chi connectivity index (χ2n) is 7.57. The molecule has 0 aromatic heterocycles. The van der Waals surface area contributed by atoms with Crippen LogP contribution in [0.3, 0.4) is 0 Å². The molecule has 1 amide bonds. The highest BCUT2D eigenvalue weighted by atomic mass is 32.2. The number of anilines is 1. The number of nitrogens with zero attached hydrogens (tertiary/aromatic N) is 4. The van der Waals surface area contributed by atoms with E-state index in [-0.39, 0.29) is 49.2 Å². The van der Waals surface area contributed by atoms with Crippen LogP contribution in [-0.2, 0) is 19.6 Å². The van der Waals surface area contributed by atoms with E-state index in [4.69, 9.17) is 0 Å². The van der Waals surface area contributed by atoms with Crippen LogP contribution >= 0.6 is 0 Å². The Hall–Kier alpha value is -3.04. The molecule has 4 rings (SSSR count). The first-order valence-electron chi connectivity index (χ1n) is 10.1. The summed E-state index contributed by atoms with van der Waals surface area (Å²) in [4.78, 5) is 27.1. The smallest absolute Gasteiger partial charge is 0.270 e. The zero-order chi connectivity index (χ0) is 22.0. The van der Waals surface area contributed by atoms with E-state index in [1.807, 2.05) is 30.3 Å². The van der Waals surface area contributed by atoms with Crippen molar-refractivity contribution in [3.05, 3.63) is 60.7 Å². The normalized spacial score (nSPS) is 19.9. The molecule has 0 N–H and O–H groups in total. The summed E-state index contributed by atoms with van der Waals surface area (Å²) in [6.45, 7) is 2.49. The number of hydrazone groups is 1. The average Bonchev–Trinajstić information content (AvgIpc) is 3.26. The van der Waals surface area contributed by atoms with E-state index in [9.17, 15) is 18.0 Å². The zero-order valence-electron chi connectivity index (χ0n) is 17.2. The van der Waals surface area contributed by atoms with E-state index >= 15 is 0 Å². The van der Waals surface area contributed by atoms with Gasteiger partial charge in [-0.2, -0.15) is 9.41 Å². The van der Waals surface area contributed by atoms with E-state index in [0.717, 1.165) is 5.69 Å². The fraction of sp³-hybridized carbons (Fsp3) is 0.318. The molecular weight excluding hydrogens is 416 g/mol. The molecule has 9 heteroatoms. The van der Waals surface area contributed by atoms with Gasteiger partial charge in [-0.05, 0) is 31.2 Å². The first-order chi connectivity index (χ1) is 14.9. The van der Waals surface area contributed by atoms with Crippen LogP contribution in [0.5, 0.6) is 0 Å². The highest BCUT2D eigenvalue weighted by Crippen LogP contribution is 2.26. The number of hydrogen-bond acceptors (Lipinski definition) is 6. The Kier molecular flexibility index (Phi) is 5.88. The van der Waals surface area contributed by atoms with Crippen molar-refractivity contribution in [3.63, 3.8) is 0 Å². The van der Waals surface area contributed by atoms with Crippen molar-refractivity contribution in [1.29, 1.82) is 0 Å². The summed E-state index contributed by atoms with van der Waals surface area (Å²) in [6.07, 6.45) is 0.242. The zero-order valence-corrected chi connectivity index (χ0v) is 18.0. The molecule has 31 heavy (non-hydrogen) atoms. The van der Waals surface area contributed by atoms with Gasteiger partial charge in [0, 0.05) is 32.6 Å². The maximum absolute atomic E-state index is 13.1. The number of rotatable bonds is 5. The summed E-state index contributed by atoms with van der Waals surface area (Å²) in [5.74, 6) is -0.310. The van der Waals surface area contributed by atoms with Crippen LogP contribution in [0, 0.1) is 0 Å². The van der Waals surface area contributed by atoms with Crippen LogP contribution < -0.4 is 5.01 Å². The summed E-state index contributed by atoms with van der Waals surface area (Å²) in [6, 6.07) is 17.1. The fourth-order valence-electron chi connectivity index (χ4n) is 3.83. The van der Waals surface area contributed by atoms with Crippen molar-refractivity contribution in [2.45, 2.75) is 24.3 Å². The molecule has 1 atom stereocenters. The lowest BCUT2D eigenvalue weighted by Crippen LogP contribution is -2.52. The number of carbonyl (C=O) groups is 2. The van der Waals surface area contributed by atoms with Gasteiger partial charge in [0.2, 0.25) is 10.0 Å². The molecule has 2 aliphatic rings. The minimum atomic E-state index is -3.58. The SMILES string of the molecule is CC(=O)C1CC(C(=O)N2CCN(S(=O)(=O)c3ccccc3)CC2)=NN1c1ccccc1. The second-order valence-corrected chi connectivity index (χ2v) is 9.50. The lowest BCUT2D eigenvalue weighted by Gasteiger charge is -2.33. The number of sulfonamides is 1. The van der Waals surface area contributed by atoms with Gasteiger partial charge in [0.25, 0.3) is 5.91 Å². The van der Waals surface area contributed by atoms with E-state index < -0.39 is 16.1 Å². The van der Waals surface area contributed by atoms with E-state index in [1.54, 1.807) is 40.2 Å². The third-order valence-corrected chi connectivity index (χ3v) is 7.47. The molecule has 2 aromatic carbocycles. The topological polar surface area (TPSA) is 90.4 Å². The van der Waals surface area contributed by atoms with Crippen LogP contribution in [0.2, 0.25) is 0 Å². The highest BCUT2D eigenvalue weighted by Gasteiger charge is 2.37. The largest absolute Gasteiger partial charge is 0.335 e. The lowest BCUT2D eigenvalue weighted by atomic mass is 10.1. The number of carbonyl (C=O) groups excluding carboxylic acids is 2. The van der Waals surface area contributed by atoms with Crippen molar-refractivity contribution >= 4 is 33.1 Å². The third kappa shape index (κ3) is 4.24. The molecule has 8 nitrogen and oxygen atoms in total. The summed E-state index contributed by atoms with van der Waals surface area (Å²) < 4.78 is 27.0. The van der Waals surface area contributed by atoms with Gasteiger partial charge >= 0.3 is 0 Å². The molecule has 1 saturated heterocycles. The van der Waals surface area contributed by atoms with E-state index in [0.29, 0.717) is 5.71 Å². The predicted octanol–water partition coefficient (Wildman–Crippen LogP) is 1.74. The van der Waals surface area contributed by atoms with Crippen molar-refractivity contribution in [1.82, 2.24) is 9.21 Å². The molecule has 162 valence electrons. The molecule has 2 heterocycles. The Labute approximate surface area is 181 Å². The quantitative estimate of drug-likeness (QED) is 0.707. The van der Waals surface area contributed by atoms with Gasteiger partial charge in [-0.3, -0.25) is 14.6 Å². The van der Waals surface area contributed by atoms with Gasteiger partial charge in [-0.25, -0.2) is 8.42 Å². The summed E-state index contributed by atoms with van der Waals surface area (Å²) in [7, 11) is -3.58. The maximum Gasteiger partial charge on any atom is 0.270 e. The Morgan fingerprint density at radius 1 is 0.903 bits per heavy atom. The van der Waals surface area contributed by atoms with Gasteiger partial charge in [0.15, 0.2) is 5.78 Å². The minimum absolute atomic E-state index is 0.0609. The fourth-order valence-corrected chi connectivity index (χ4v) is 5.27. The number of ketones is 1. The van der Waals surface area contributed by atoms with Gasteiger partial charge in [-0.1, -0.05) is 36.4 Å². The summed E-state index contributed by atoms with van der Waals surface area (Å²) in [5, 5.41) is 6.06. The average molecular weight is 441 g/mol. The first kappa shape index (κ1) is 21.2. The molecule has 2 aliphatic heterocycles. The molecule has 0 radical (unpaired) electrons. The third-order valence-electron chi connectivity index (χ3n) is 5.55. The van der Waals surface area contributed by atoms with E-state index in [1.165, 1.54) is 11.2 Å². The molecule has 2 aromatic rings. The number of benzene rings is 2. The van der Waals surface area contributed by atoms with Crippen LogP contribution in [0.1, 0.15) is 13.3 Å². The summed E-state index contributed by atoms with van der Waals surface area (Å²) >= 11 is 0. The number of para-hydroxylation sites is 1. The van der Waals surface area contributed by atoms with Crippen LogP contribution in [0.25, 0.3) is 0 Å². The number of Topliss-reactive ketones (excluding diaryl/α,β-unsaturated/α-hetero) is 1. The standard InChI is InChI=1S/C22H24N4O4S/c1-17(27)21-16-20(23-26(21)18-8-4-2-5-9-18)22(28)24-12-14-25(15-13-24)31(29,30)19-10-6-3-7-11-19/h2-11,21H,12-16H2,1H3. The van der Waals surface area contributed by atoms with Crippen molar-refractivity contribution < 1.29 is 18.0 Å². The van der Waals surface area contributed by atoms with Crippen LogP contribution in [0.15, 0.2) is 70.7 Å². The number of amides is 1. The molecule has 1 unspecified atom stereocenters. The maximum atomic E-state index is 13.1. The molecule has 1 fully saturated rings. The van der Waals surface area contributed by atoms with Gasteiger partial charge < -0.3 is 4.90 Å². The monoisotopic (exact) mass is 440 g/mol. The highest BCUT2D eigenvalue weighted by molar-refractivity contribution is 7.89. The van der Waals surface area contributed by atoms with Gasteiger partial charge in [0.1, 0.15) is 11.8 Å². The van der Waals surface area contributed by atoms with Gasteiger partial charge in [0.05, 0.1) is 10.6 Å². The second kappa shape index (κ2) is 8.60. The summed E-state index contributed by atoms with van der Waals surface area (Å²) in [5.41, 5.74) is 1.08. The lowest BCUT2D eigenvalue weighted by molar-refractivity contribution is -0.125. The molecular formula is C22H24N4O4S. The Bertz CT molecular complexity index is 1090. The predicted molar refractivity (Wildman–Crippen MR) is 117 cm³/mol. The van der Waals surface area contributed by atoms with E-state index in [2.05, 4.69) is 5.10 Å². The Morgan fingerprint density at radius 2 is 1.48 bits per heavy atom. The van der Waals surface area contributed by atoms with Gasteiger partial charge in [-0.15, -0.1) is 0 Å². The van der Waals surface area contributed by atoms with Crippen molar-refractivity contribution in [2.24, 2.45) is 5.10 Å². The Balaban J connectivity index is 1.46. The van der Waals surface area contributed by atoms with Crippen LogP contribution in [0.4, 0.5) is 5.69 Å². The minimum Gasteiger partial charge on any atom is -0.335 e. The van der Waals surface area contributed by atoms with Crippen molar-refractivity contribution in [3.8, 4) is 0 Å². The molecule has 0 spiro atoms. The Morgan fingerprint density at radius 3 is 2.06 bits per heavy atom. The number of hydrogen-bond donors (Lipinski definition) is 0. The van der Waals surface area contributed by atoms with Crippen LogP contribution in [-0.4, -0.2) is 67.2 Å². The van der Waals surface area contributed by atoms with Crippen molar-refractivity contribution in [2.75, 3.05) is 31.2 Å². The molecule has 0 aliphatic carbocycles. The molecule has 0 bridgehead atoms.